The van der Waals surface area contributed by atoms with Crippen molar-refractivity contribution in [2.75, 3.05) is 19.6 Å². The average Bonchev–Trinajstić information content (AvgIpc) is 3.09. The van der Waals surface area contributed by atoms with Crippen molar-refractivity contribution in [3.8, 4) is 11.3 Å². The van der Waals surface area contributed by atoms with Gasteiger partial charge in [-0.15, -0.1) is 0 Å². The topological polar surface area (TPSA) is 29.3 Å². The van der Waals surface area contributed by atoms with Crippen molar-refractivity contribution < 1.29 is 4.52 Å². The molecule has 0 radical (unpaired) electrons. The van der Waals surface area contributed by atoms with Crippen LogP contribution in [0.25, 0.3) is 11.3 Å². The zero-order valence-electron chi connectivity index (χ0n) is 15.7. The zero-order valence-corrected chi connectivity index (χ0v) is 16.5. The first kappa shape index (κ1) is 18.3. The Morgan fingerprint density at radius 1 is 1.04 bits per heavy atom. The number of piperidine rings is 1. The normalized spacial score (nSPS) is 15.9. The molecular weight excluding hydrogens is 356 g/mol. The van der Waals surface area contributed by atoms with Crippen molar-refractivity contribution in [1.29, 1.82) is 0 Å². The van der Waals surface area contributed by atoms with E-state index in [1.165, 1.54) is 5.56 Å². The van der Waals surface area contributed by atoms with E-state index in [0.29, 0.717) is 5.92 Å². The number of aromatic nitrogens is 1. The summed E-state index contributed by atoms with van der Waals surface area (Å²) in [5.74, 6) is 1.48. The van der Waals surface area contributed by atoms with Gasteiger partial charge < -0.3 is 9.42 Å². The molecule has 0 unspecified atom stereocenters. The molecule has 0 atom stereocenters. The summed E-state index contributed by atoms with van der Waals surface area (Å²) in [6, 6.07) is 18.6. The molecule has 0 N–H and O–H groups in total. The van der Waals surface area contributed by atoms with E-state index in [1.54, 1.807) is 0 Å². The summed E-state index contributed by atoms with van der Waals surface area (Å²) >= 11 is 6.34. The van der Waals surface area contributed by atoms with Crippen LogP contribution in [-0.2, 0) is 6.42 Å². The molecule has 140 valence electrons. The van der Waals surface area contributed by atoms with Crippen molar-refractivity contribution in [1.82, 2.24) is 10.1 Å². The molecule has 4 heteroatoms. The first-order valence-corrected chi connectivity index (χ1v) is 10.1. The summed E-state index contributed by atoms with van der Waals surface area (Å²) in [5, 5.41) is 5.06. The van der Waals surface area contributed by atoms with E-state index in [-0.39, 0.29) is 0 Å². The fraction of sp³-hybridized carbons (Fsp3) is 0.348. The quantitative estimate of drug-likeness (QED) is 0.566. The molecule has 0 saturated carbocycles. The molecule has 3 aromatic rings. The molecule has 2 aromatic carbocycles. The highest BCUT2D eigenvalue weighted by atomic mass is 35.5. The smallest absolute Gasteiger partial charge is 0.143 e. The van der Waals surface area contributed by atoms with E-state index in [2.05, 4.69) is 47.3 Å². The van der Waals surface area contributed by atoms with Crippen molar-refractivity contribution in [3.05, 3.63) is 76.5 Å². The van der Waals surface area contributed by atoms with Gasteiger partial charge in [0.15, 0.2) is 0 Å². The maximum atomic E-state index is 6.34. The Morgan fingerprint density at radius 2 is 1.74 bits per heavy atom. The van der Waals surface area contributed by atoms with Crippen LogP contribution < -0.4 is 0 Å². The van der Waals surface area contributed by atoms with E-state index < -0.39 is 0 Å². The second kappa shape index (κ2) is 8.28. The average molecular weight is 381 g/mol. The predicted molar refractivity (Wildman–Crippen MR) is 110 cm³/mol. The third-order valence-electron chi connectivity index (χ3n) is 5.61. The number of likely N-dealkylation sites (tertiary alicyclic amines) is 1. The van der Waals surface area contributed by atoms with Gasteiger partial charge in [-0.25, -0.2) is 0 Å². The minimum atomic E-state index is 0.446. The lowest BCUT2D eigenvalue weighted by atomic mass is 9.91. The summed E-state index contributed by atoms with van der Waals surface area (Å²) in [5.41, 5.74) is 4.37. The van der Waals surface area contributed by atoms with Gasteiger partial charge in [0.2, 0.25) is 0 Å². The van der Waals surface area contributed by atoms with Crippen LogP contribution in [0.5, 0.6) is 0 Å². The van der Waals surface area contributed by atoms with Crippen LogP contribution in [0, 0.1) is 6.92 Å². The summed E-state index contributed by atoms with van der Waals surface area (Å²) in [4.78, 5) is 2.56. The Kier molecular flexibility index (Phi) is 5.61. The number of halogens is 1. The highest BCUT2D eigenvalue weighted by Crippen LogP contribution is 2.36. The first-order chi connectivity index (χ1) is 13.2. The fourth-order valence-corrected chi connectivity index (χ4v) is 4.21. The van der Waals surface area contributed by atoms with Crippen LogP contribution in [0.3, 0.4) is 0 Å². The maximum absolute atomic E-state index is 6.34. The van der Waals surface area contributed by atoms with E-state index >= 15 is 0 Å². The SMILES string of the molecule is Cc1c(-c2ccccc2Cl)noc1C1CCN(CCc2ccccc2)CC1. The molecule has 1 aromatic heterocycles. The minimum absolute atomic E-state index is 0.446. The van der Waals surface area contributed by atoms with E-state index in [1.807, 2.05) is 24.3 Å². The van der Waals surface area contributed by atoms with Gasteiger partial charge >= 0.3 is 0 Å². The van der Waals surface area contributed by atoms with Gasteiger partial charge in [0.05, 0.1) is 5.02 Å². The van der Waals surface area contributed by atoms with Crippen LogP contribution in [0.1, 0.15) is 35.6 Å². The molecule has 2 heterocycles. The molecule has 1 aliphatic heterocycles. The minimum Gasteiger partial charge on any atom is -0.360 e. The monoisotopic (exact) mass is 380 g/mol. The Hall–Kier alpha value is -2.10. The molecule has 1 fully saturated rings. The van der Waals surface area contributed by atoms with Gasteiger partial charge in [-0.1, -0.05) is 65.3 Å². The summed E-state index contributed by atoms with van der Waals surface area (Å²) in [6.45, 7) is 5.45. The molecule has 0 bridgehead atoms. The second-order valence-electron chi connectivity index (χ2n) is 7.35. The highest BCUT2D eigenvalue weighted by Gasteiger charge is 2.27. The molecule has 1 aliphatic rings. The van der Waals surface area contributed by atoms with Crippen molar-refractivity contribution in [3.63, 3.8) is 0 Å². The Bertz CT molecular complexity index is 882. The number of nitrogens with zero attached hydrogens (tertiary/aromatic N) is 2. The lowest BCUT2D eigenvalue weighted by molar-refractivity contribution is 0.198. The first-order valence-electron chi connectivity index (χ1n) is 9.69. The van der Waals surface area contributed by atoms with Crippen LogP contribution >= 0.6 is 11.6 Å². The molecule has 1 saturated heterocycles. The van der Waals surface area contributed by atoms with Gasteiger partial charge in [-0.3, -0.25) is 0 Å². The maximum Gasteiger partial charge on any atom is 0.143 e. The highest BCUT2D eigenvalue weighted by molar-refractivity contribution is 6.33. The third-order valence-corrected chi connectivity index (χ3v) is 5.94. The number of hydrogen-bond acceptors (Lipinski definition) is 3. The standard InChI is InChI=1S/C23H25ClN2O/c1-17-22(20-9-5-6-10-21(20)24)25-27-23(17)19-12-15-26(16-13-19)14-11-18-7-3-2-4-8-18/h2-10,19H,11-16H2,1H3. The Morgan fingerprint density at radius 3 is 2.48 bits per heavy atom. The Balaban J connectivity index is 1.38. The second-order valence-corrected chi connectivity index (χ2v) is 7.76. The van der Waals surface area contributed by atoms with Gasteiger partial charge in [0.1, 0.15) is 11.5 Å². The molecule has 3 nitrogen and oxygen atoms in total. The molecule has 0 aliphatic carbocycles. The van der Waals surface area contributed by atoms with Gasteiger partial charge in [-0.05, 0) is 50.9 Å². The van der Waals surface area contributed by atoms with Gasteiger partial charge in [0, 0.05) is 23.6 Å². The molecular formula is C23H25ClN2O. The van der Waals surface area contributed by atoms with Crippen molar-refractivity contribution >= 4 is 11.6 Å². The van der Waals surface area contributed by atoms with Crippen LogP contribution in [-0.4, -0.2) is 29.7 Å². The fourth-order valence-electron chi connectivity index (χ4n) is 3.98. The lowest BCUT2D eigenvalue weighted by Crippen LogP contribution is -2.34. The van der Waals surface area contributed by atoms with Crippen molar-refractivity contribution in [2.24, 2.45) is 0 Å². The predicted octanol–water partition coefficient (Wildman–Crippen LogP) is 5.73. The summed E-state index contributed by atoms with van der Waals surface area (Å²) in [7, 11) is 0. The number of benzene rings is 2. The summed E-state index contributed by atoms with van der Waals surface area (Å²) in [6.07, 6.45) is 3.35. The van der Waals surface area contributed by atoms with E-state index in [4.69, 9.17) is 16.1 Å². The Labute approximate surface area is 165 Å². The van der Waals surface area contributed by atoms with Gasteiger partial charge in [0.25, 0.3) is 0 Å². The van der Waals surface area contributed by atoms with Crippen LogP contribution in [0.15, 0.2) is 59.1 Å². The third kappa shape index (κ3) is 4.10. The van der Waals surface area contributed by atoms with Crippen LogP contribution in [0.2, 0.25) is 5.02 Å². The van der Waals surface area contributed by atoms with E-state index in [9.17, 15) is 0 Å². The molecule has 0 amide bonds. The molecule has 27 heavy (non-hydrogen) atoms. The zero-order chi connectivity index (χ0) is 18.6. The molecule has 4 rings (SSSR count). The van der Waals surface area contributed by atoms with Crippen LogP contribution in [0.4, 0.5) is 0 Å². The van der Waals surface area contributed by atoms with Crippen molar-refractivity contribution in [2.45, 2.75) is 32.1 Å². The number of hydrogen-bond donors (Lipinski definition) is 0. The lowest BCUT2D eigenvalue weighted by Gasteiger charge is -2.31. The van der Waals surface area contributed by atoms with E-state index in [0.717, 1.165) is 66.5 Å². The van der Waals surface area contributed by atoms with Gasteiger partial charge in [-0.2, -0.15) is 0 Å². The number of rotatable bonds is 5. The summed E-state index contributed by atoms with van der Waals surface area (Å²) < 4.78 is 5.78. The largest absolute Gasteiger partial charge is 0.360 e. The molecule has 0 spiro atoms.